The lowest BCUT2D eigenvalue weighted by Crippen LogP contribution is -2.56. The Kier molecular flexibility index (Phi) is 7.95. The topological polar surface area (TPSA) is 129 Å². The number of H-pyrrole nitrogens is 2. The maximum atomic E-state index is 14.9. The number of aryl methyl sites for hydroxylation is 2. The van der Waals surface area contributed by atoms with Gasteiger partial charge in [0.05, 0.1) is 29.2 Å². The number of benzene rings is 1. The van der Waals surface area contributed by atoms with Crippen LogP contribution in [0.5, 0.6) is 0 Å². The lowest BCUT2D eigenvalue weighted by Gasteiger charge is -2.37. The summed E-state index contributed by atoms with van der Waals surface area (Å²) in [6.45, 7) is 10.8. The number of aromatic nitrogens is 7. The zero-order valence-electron chi connectivity index (χ0n) is 25.4. The van der Waals surface area contributed by atoms with Crippen LogP contribution in [0.4, 0.5) is 10.2 Å². The van der Waals surface area contributed by atoms with E-state index in [0.717, 1.165) is 77.3 Å². The number of aromatic amines is 2. The van der Waals surface area contributed by atoms with Crippen molar-refractivity contribution < 1.29 is 4.39 Å². The van der Waals surface area contributed by atoms with Gasteiger partial charge in [0.2, 0.25) is 0 Å². The third-order valence-corrected chi connectivity index (χ3v) is 8.63. The van der Waals surface area contributed by atoms with Gasteiger partial charge in [-0.1, -0.05) is 24.8 Å². The van der Waals surface area contributed by atoms with Gasteiger partial charge in [-0.25, -0.2) is 19.3 Å². The molecule has 230 valence electrons. The highest BCUT2D eigenvalue weighted by molar-refractivity contribution is 5.92. The molecule has 2 saturated heterocycles. The number of halogens is 1. The van der Waals surface area contributed by atoms with Gasteiger partial charge >= 0.3 is 0 Å². The molecule has 7 rings (SSSR count). The smallest absolute Gasteiger partial charge is 0.181 e. The standard InChI is InChI=1S/C34H37FN10/c1-3-7-27(23-12-22(13-25(35)14-23)8-6-11-44-9-4-5-10-44)31-21(2)39-34(41-31)32-28-15-24(16-38-33(28)43-42-32)29-17-37-18-30(40-29)45-19-26(36)20-45/h3,7,12-18,26H,1,4-6,8-11,19-20,36H2,2H3,(H,39,41)(H,38,42,43)/b27-7-. The van der Waals surface area contributed by atoms with Crippen molar-refractivity contribution in [1.29, 1.82) is 0 Å². The number of hydrogen-bond acceptors (Lipinski definition) is 8. The molecule has 2 aliphatic heterocycles. The minimum atomic E-state index is -0.255. The largest absolute Gasteiger partial charge is 0.352 e. The van der Waals surface area contributed by atoms with Crippen molar-refractivity contribution in [2.45, 2.75) is 38.6 Å². The summed E-state index contributed by atoms with van der Waals surface area (Å²) in [7, 11) is 0. The molecule has 2 fully saturated rings. The van der Waals surface area contributed by atoms with Gasteiger partial charge in [0.1, 0.15) is 17.3 Å². The molecule has 0 spiro atoms. The maximum Gasteiger partial charge on any atom is 0.181 e. The van der Waals surface area contributed by atoms with Crippen molar-refractivity contribution >= 4 is 22.4 Å². The molecule has 6 heterocycles. The van der Waals surface area contributed by atoms with Gasteiger partial charge in [-0.3, -0.25) is 10.1 Å². The highest BCUT2D eigenvalue weighted by Crippen LogP contribution is 2.32. The van der Waals surface area contributed by atoms with Crippen LogP contribution in [0.3, 0.4) is 0 Å². The minimum Gasteiger partial charge on any atom is -0.352 e. The number of hydrogen-bond donors (Lipinski definition) is 3. The number of anilines is 1. The number of likely N-dealkylation sites (tertiary alicyclic amines) is 1. The van der Waals surface area contributed by atoms with Crippen LogP contribution in [-0.2, 0) is 6.42 Å². The molecule has 1 aromatic carbocycles. The van der Waals surface area contributed by atoms with E-state index in [1.165, 1.54) is 25.9 Å². The Balaban J connectivity index is 1.18. The van der Waals surface area contributed by atoms with Crippen molar-refractivity contribution in [3.8, 4) is 22.8 Å². The van der Waals surface area contributed by atoms with E-state index in [9.17, 15) is 4.39 Å². The van der Waals surface area contributed by atoms with E-state index in [2.05, 4.69) is 47.6 Å². The molecule has 0 aliphatic carbocycles. The Morgan fingerprint density at radius 1 is 1.11 bits per heavy atom. The summed E-state index contributed by atoms with van der Waals surface area (Å²) in [5, 5.41) is 8.33. The first-order valence-corrected chi connectivity index (χ1v) is 15.5. The molecule has 4 aromatic heterocycles. The van der Waals surface area contributed by atoms with E-state index in [1.54, 1.807) is 36.8 Å². The fourth-order valence-corrected chi connectivity index (χ4v) is 6.30. The molecule has 4 N–H and O–H groups in total. The van der Waals surface area contributed by atoms with Crippen LogP contribution in [0, 0.1) is 12.7 Å². The Morgan fingerprint density at radius 3 is 2.76 bits per heavy atom. The maximum absolute atomic E-state index is 14.9. The van der Waals surface area contributed by atoms with Crippen molar-refractivity contribution in [2.75, 3.05) is 37.6 Å². The highest BCUT2D eigenvalue weighted by Gasteiger charge is 2.25. The lowest BCUT2D eigenvalue weighted by molar-refractivity contribution is 0.334. The number of pyridine rings is 1. The van der Waals surface area contributed by atoms with Gasteiger partial charge in [-0.05, 0) is 81.6 Å². The van der Waals surface area contributed by atoms with Gasteiger partial charge in [-0.2, -0.15) is 5.10 Å². The zero-order chi connectivity index (χ0) is 30.9. The Bertz CT molecular complexity index is 1880. The summed E-state index contributed by atoms with van der Waals surface area (Å²) in [6.07, 6.45) is 13.2. The molecule has 2 aliphatic rings. The van der Waals surface area contributed by atoms with Crippen LogP contribution < -0.4 is 10.6 Å². The van der Waals surface area contributed by atoms with Crippen LogP contribution in [0.15, 0.2) is 61.6 Å². The fourth-order valence-electron chi connectivity index (χ4n) is 6.30. The van der Waals surface area contributed by atoms with Crippen molar-refractivity contribution in [3.63, 3.8) is 0 Å². The zero-order valence-corrected chi connectivity index (χ0v) is 25.4. The SMILES string of the molecule is C=C/C=C(/c1cc(F)cc(CCCN2CCCC2)c1)c1nc(-c2[nH]nc3ncc(-c4cncc(N5CC(N)C5)n4)cc23)[nH]c1C. The predicted molar refractivity (Wildman–Crippen MR) is 175 cm³/mol. The van der Waals surface area contributed by atoms with Gasteiger partial charge in [0.15, 0.2) is 11.5 Å². The minimum absolute atomic E-state index is 0.165. The van der Waals surface area contributed by atoms with Crippen LogP contribution in [0.1, 0.15) is 41.8 Å². The summed E-state index contributed by atoms with van der Waals surface area (Å²) in [4.78, 5) is 26.8. The molecule has 0 radical (unpaired) electrons. The van der Waals surface area contributed by atoms with E-state index >= 15 is 0 Å². The summed E-state index contributed by atoms with van der Waals surface area (Å²) in [6, 6.07) is 7.44. The Hall–Kier alpha value is -4.74. The van der Waals surface area contributed by atoms with Crippen molar-refractivity contribution in [1.82, 2.24) is 40.0 Å². The first-order chi connectivity index (χ1) is 21.9. The second kappa shape index (κ2) is 12.3. The van der Waals surface area contributed by atoms with Crippen molar-refractivity contribution in [2.24, 2.45) is 5.73 Å². The summed E-state index contributed by atoms with van der Waals surface area (Å²) >= 11 is 0. The van der Waals surface area contributed by atoms with Crippen LogP contribution in [0.25, 0.3) is 39.4 Å². The van der Waals surface area contributed by atoms with Crippen LogP contribution in [0.2, 0.25) is 0 Å². The number of fused-ring (bicyclic) bond motifs is 1. The van der Waals surface area contributed by atoms with E-state index in [1.807, 2.05) is 19.1 Å². The second-order valence-electron chi connectivity index (χ2n) is 12.0. The Morgan fingerprint density at radius 2 is 1.96 bits per heavy atom. The number of allylic oxidation sites excluding steroid dienone is 2. The van der Waals surface area contributed by atoms with E-state index < -0.39 is 0 Å². The van der Waals surface area contributed by atoms with Crippen LogP contribution in [-0.4, -0.2) is 78.8 Å². The lowest BCUT2D eigenvalue weighted by atomic mass is 9.97. The number of nitrogens with zero attached hydrogens (tertiary/aromatic N) is 7. The molecule has 10 nitrogen and oxygen atoms in total. The third-order valence-electron chi connectivity index (χ3n) is 8.63. The summed E-state index contributed by atoms with van der Waals surface area (Å²) in [5.74, 6) is 1.14. The normalized spacial score (nSPS) is 16.1. The average Bonchev–Trinajstić information content (AvgIpc) is 3.78. The van der Waals surface area contributed by atoms with E-state index in [4.69, 9.17) is 15.7 Å². The van der Waals surface area contributed by atoms with E-state index in [-0.39, 0.29) is 11.9 Å². The number of rotatable bonds is 10. The second-order valence-corrected chi connectivity index (χ2v) is 12.0. The number of imidazole rings is 1. The predicted octanol–water partition coefficient (Wildman–Crippen LogP) is 5.05. The molecular formula is C34H37FN10. The first kappa shape index (κ1) is 29.0. The highest BCUT2D eigenvalue weighted by atomic mass is 19.1. The Labute approximate surface area is 261 Å². The average molecular weight is 605 g/mol. The first-order valence-electron chi connectivity index (χ1n) is 15.5. The van der Waals surface area contributed by atoms with Crippen LogP contribution >= 0.6 is 0 Å². The molecule has 0 bridgehead atoms. The quantitative estimate of drug-likeness (QED) is 0.189. The molecule has 45 heavy (non-hydrogen) atoms. The van der Waals surface area contributed by atoms with Gasteiger partial charge in [0, 0.05) is 42.2 Å². The molecule has 0 saturated carbocycles. The molecule has 11 heteroatoms. The summed E-state index contributed by atoms with van der Waals surface area (Å²) < 4.78 is 14.9. The fraction of sp³-hybridized carbons (Fsp3) is 0.324. The molecular weight excluding hydrogens is 567 g/mol. The third kappa shape index (κ3) is 6.01. The van der Waals surface area contributed by atoms with Gasteiger partial charge in [-0.15, -0.1) is 0 Å². The number of nitrogens with two attached hydrogens (primary N) is 1. The van der Waals surface area contributed by atoms with Gasteiger partial charge in [0.25, 0.3) is 0 Å². The van der Waals surface area contributed by atoms with E-state index in [0.29, 0.717) is 22.9 Å². The molecule has 5 aromatic rings. The monoisotopic (exact) mass is 604 g/mol. The van der Waals surface area contributed by atoms with Gasteiger partial charge < -0.3 is 20.5 Å². The molecule has 0 amide bonds. The number of nitrogens with one attached hydrogen (secondary N) is 2. The summed E-state index contributed by atoms with van der Waals surface area (Å²) in [5.41, 5.74) is 12.9. The van der Waals surface area contributed by atoms with Crippen molar-refractivity contribution in [3.05, 3.63) is 89.9 Å². The molecule has 0 unspecified atom stereocenters. The molecule has 0 atom stereocenters.